The van der Waals surface area contributed by atoms with Crippen LogP contribution in [0.4, 0.5) is 5.69 Å². The van der Waals surface area contributed by atoms with Crippen molar-refractivity contribution in [1.29, 1.82) is 0 Å². The Balaban J connectivity index is 2.73. The van der Waals surface area contributed by atoms with Gasteiger partial charge in [0.25, 0.3) is 5.91 Å². The fraction of sp³-hybridized carbons (Fsp3) is 0.467. The second kappa shape index (κ2) is 9.23. The Morgan fingerprint density at radius 2 is 1.76 bits per heavy atom. The molecule has 6 heteroatoms. The van der Waals surface area contributed by atoms with Crippen molar-refractivity contribution in [3.63, 3.8) is 0 Å². The maximum absolute atomic E-state index is 12.1. The highest BCUT2D eigenvalue weighted by atomic mass is 35.5. The van der Waals surface area contributed by atoms with Crippen molar-refractivity contribution in [2.45, 2.75) is 26.7 Å². The van der Waals surface area contributed by atoms with E-state index >= 15 is 0 Å². The van der Waals surface area contributed by atoms with Crippen LogP contribution < -0.4 is 16.0 Å². The first kappa shape index (κ1) is 17.3. The molecule has 0 aliphatic rings. The molecular weight excluding hydrogens is 290 g/mol. The van der Waals surface area contributed by atoms with Gasteiger partial charge in [0.05, 0.1) is 12.1 Å². The summed E-state index contributed by atoms with van der Waals surface area (Å²) >= 11 is 5.95. The number of rotatable bonds is 8. The zero-order chi connectivity index (χ0) is 15.7. The number of carbonyl (C=O) groups is 2. The van der Waals surface area contributed by atoms with Gasteiger partial charge in [0, 0.05) is 23.8 Å². The molecule has 0 saturated heterocycles. The van der Waals surface area contributed by atoms with Crippen LogP contribution >= 0.6 is 11.6 Å². The van der Waals surface area contributed by atoms with Crippen molar-refractivity contribution in [1.82, 2.24) is 10.6 Å². The number of hydrogen-bond donors (Lipinski definition) is 3. The average molecular weight is 312 g/mol. The Morgan fingerprint density at radius 1 is 1.10 bits per heavy atom. The maximum atomic E-state index is 12.1. The van der Waals surface area contributed by atoms with Gasteiger partial charge in [0.15, 0.2) is 0 Å². The summed E-state index contributed by atoms with van der Waals surface area (Å²) in [5, 5.41) is 9.05. The van der Waals surface area contributed by atoms with Gasteiger partial charge >= 0.3 is 0 Å². The first-order valence-electron chi connectivity index (χ1n) is 7.16. The van der Waals surface area contributed by atoms with Crippen LogP contribution in [0.3, 0.4) is 0 Å². The molecule has 0 atom stereocenters. The van der Waals surface area contributed by atoms with Gasteiger partial charge in [-0.1, -0.05) is 25.4 Å². The molecule has 0 aromatic heterocycles. The standard InChI is InChI=1S/C15H22ClN3O2/c1-3-7-17-14(20)10-19-13-9-11(16)5-6-12(13)15(21)18-8-4-2/h5-6,9,19H,3-4,7-8,10H2,1-2H3,(H,17,20)(H,18,21). The zero-order valence-electron chi connectivity index (χ0n) is 12.5. The number of benzene rings is 1. The summed E-state index contributed by atoms with van der Waals surface area (Å²) < 4.78 is 0. The van der Waals surface area contributed by atoms with E-state index in [0.717, 1.165) is 12.8 Å². The summed E-state index contributed by atoms with van der Waals surface area (Å²) in [7, 11) is 0. The lowest BCUT2D eigenvalue weighted by Crippen LogP contribution is -2.31. The number of anilines is 1. The third-order valence-electron chi connectivity index (χ3n) is 2.77. The second-order valence-electron chi connectivity index (χ2n) is 4.65. The minimum absolute atomic E-state index is 0.106. The SMILES string of the molecule is CCCNC(=O)CNc1cc(Cl)ccc1C(=O)NCCC. The summed E-state index contributed by atoms with van der Waals surface area (Å²) in [6, 6.07) is 4.96. The van der Waals surface area contributed by atoms with Gasteiger partial charge in [-0.05, 0) is 31.0 Å². The number of halogens is 1. The Labute approximate surface area is 130 Å². The molecule has 1 rings (SSSR count). The monoisotopic (exact) mass is 311 g/mol. The third kappa shape index (κ3) is 6.04. The zero-order valence-corrected chi connectivity index (χ0v) is 13.2. The molecule has 2 amide bonds. The molecule has 21 heavy (non-hydrogen) atoms. The topological polar surface area (TPSA) is 70.2 Å². The molecule has 0 heterocycles. The molecule has 0 fully saturated rings. The van der Waals surface area contributed by atoms with E-state index in [1.54, 1.807) is 18.2 Å². The molecule has 1 aromatic carbocycles. The predicted octanol–water partition coefficient (Wildman–Crippen LogP) is 2.42. The summed E-state index contributed by atoms with van der Waals surface area (Å²) in [6.07, 6.45) is 1.75. The number of carbonyl (C=O) groups excluding carboxylic acids is 2. The lowest BCUT2D eigenvalue weighted by atomic mass is 10.1. The van der Waals surface area contributed by atoms with Gasteiger partial charge < -0.3 is 16.0 Å². The third-order valence-corrected chi connectivity index (χ3v) is 3.01. The molecule has 0 aliphatic heterocycles. The van der Waals surface area contributed by atoms with E-state index in [2.05, 4.69) is 16.0 Å². The van der Waals surface area contributed by atoms with E-state index < -0.39 is 0 Å². The first-order valence-corrected chi connectivity index (χ1v) is 7.54. The Kier molecular flexibility index (Phi) is 7.61. The number of hydrogen-bond acceptors (Lipinski definition) is 3. The molecule has 116 valence electrons. The molecule has 1 aromatic rings. The molecule has 0 spiro atoms. The highest BCUT2D eigenvalue weighted by molar-refractivity contribution is 6.31. The molecular formula is C15H22ClN3O2. The van der Waals surface area contributed by atoms with Gasteiger partial charge in [0.2, 0.25) is 5.91 Å². The van der Waals surface area contributed by atoms with Crippen molar-refractivity contribution in [3.8, 4) is 0 Å². The van der Waals surface area contributed by atoms with Crippen LogP contribution in [-0.2, 0) is 4.79 Å². The molecule has 0 saturated carbocycles. The maximum Gasteiger partial charge on any atom is 0.253 e. The Bertz CT molecular complexity index is 492. The van der Waals surface area contributed by atoms with Crippen molar-refractivity contribution in [2.24, 2.45) is 0 Å². The molecule has 3 N–H and O–H groups in total. The Hall–Kier alpha value is -1.75. The van der Waals surface area contributed by atoms with E-state index in [4.69, 9.17) is 11.6 Å². The predicted molar refractivity (Wildman–Crippen MR) is 85.9 cm³/mol. The number of amides is 2. The van der Waals surface area contributed by atoms with E-state index in [1.165, 1.54) is 0 Å². The van der Waals surface area contributed by atoms with Crippen LogP contribution in [0.15, 0.2) is 18.2 Å². The average Bonchev–Trinajstić information content (AvgIpc) is 2.48. The minimum Gasteiger partial charge on any atom is -0.375 e. The second-order valence-corrected chi connectivity index (χ2v) is 5.09. The Morgan fingerprint density at radius 3 is 2.43 bits per heavy atom. The lowest BCUT2D eigenvalue weighted by Gasteiger charge is -2.12. The fourth-order valence-corrected chi connectivity index (χ4v) is 1.87. The molecule has 0 bridgehead atoms. The van der Waals surface area contributed by atoms with Crippen molar-refractivity contribution < 1.29 is 9.59 Å². The van der Waals surface area contributed by atoms with Gasteiger partial charge in [-0.25, -0.2) is 0 Å². The van der Waals surface area contributed by atoms with E-state index in [9.17, 15) is 9.59 Å². The van der Waals surface area contributed by atoms with Crippen molar-refractivity contribution in [2.75, 3.05) is 25.0 Å². The minimum atomic E-state index is -0.176. The van der Waals surface area contributed by atoms with Gasteiger partial charge in [-0.3, -0.25) is 9.59 Å². The van der Waals surface area contributed by atoms with Crippen LogP contribution in [0.5, 0.6) is 0 Å². The first-order chi connectivity index (χ1) is 10.1. The normalized spacial score (nSPS) is 10.0. The fourth-order valence-electron chi connectivity index (χ4n) is 1.70. The van der Waals surface area contributed by atoms with Crippen LogP contribution in [-0.4, -0.2) is 31.4 Å². The summed E-state index contributed by atoms with van der Waals surface area (Å²) in [5.41, 5.74) is 1.04. The van der Waals surface area contributed by atoms with Gasteiger partial charge in [-0.15, -0.1) is 0 Å². The molecule has 0 aliphatic carbocycles. The summed E-state index contributed by atoms with van der Waals surface area (Å²) in [5.74, 6) is -0.290. The largest absolute Gasteiger partial charge is 0.375 e. The van der Waals surface area contributed by atoms with Crippen LogP contribution in [0.2, 0.25) is 5.02 Å². The lowest BCUT2D eigenvalue weighted by molar-refractivity contribution is -0.119. The highest BCUT2D eigenvalue weighted by Gasteiger charge is 2.12. The summed E-state index contributed by atoms with van der Waals surface area (Å²) in [4.78, 5) is 23.7. The smallest absolute Gasteiger partial charge is 0.253 e. The van der Waals surface area contributed by atoms with Gasteiger partial charge in [0.1, 0.15) is 0 Å². The molecule has 5 nitrogen and oxygen atoms in total. The summed E-state index contributed by atoms with van der Waals surface area (Å²) in [6.45, 7) is 5.33. The van der Waals surface area contributed by atoms with Crippen LogP contribution in [0.1, 0.15) is 37.0 Å². The van der Waals surface area contributed by atoms with Gasteiger partial charge in [-0.2, -0.15) is 0 Å². The highest BCUT2D eigenvalue weighted by Crippen LogP contribution is 2.21. The van der Waals surface area contributed by atoms with Crippen LogP contribution in [0, 0.1) is 0 Å². The number of nitrogens with one attached hydrogen (secondary N) is 3. The van der Waals surface area contributed by atoms with E-state index in [1.807, 2.05) is 13.8 Å². The molecule has 0 unspecified atom stereocenters. The van der Waals surface area contributed by atoms with E-state index in [-0.39, 0.29) is 18.4 Å². The van der Waals surface area contributed by atoms with Crippen molar-refractivity contribution in [3.05, 3.63) is 28.8 Å². The van der Waals surface area contributed by atoms with Crippen molar-refractivity contribution >= 4 is 29.1 Å². The van der Waals surface area contributed by atoms with Crippen LogP contribution in [0.25, 0.3) is 0 Å². The molecule has 0 radical (unpaired) electrons. The quantitative estimate of drug-likeness (QED) is 0.690. The van der Waals surface area contributed by atoms with E-state index in [0.29, 0.717) is 29.4 Å².